The predicted octanol–water partition coefficient (Wildman–Crippen LogP) is 3.49. The standard InChI is InChI=1S/C18H21IN4/c1-22-10-12-23(13-11-22)18-8-2-15(3-9-18)14-20-21-17-6-4-16(19)5-7-17/h2-9,14,21H,10-13H2,1H3/b20-14+. The van der Waals surface area contributed by atoms with Gasteiger partial charge in [0.05, 0.1) is 11.9 Å². The molecule has 1 aliphatic rings. The number of likely N-dealkylation sites (N-methyl/N-ethyl adjacent to an activating group) is 1. The first kappa shape index (κ1) is 16.3. The second kappa shape index (κ2) is 7.79. The lowest BCUT2D eigenvalue weighted by molar-refractivity contribution is 0.313. The zero-order chi connectivity index (χ0) is 16.1. The molecule has 3 rings (SSSR count). The van der Waals surface area contributed by atoms with Gasteiger partial charge in [0.2, 0.25) is 0 Å². The first-order valence-electron chi connectivity index (χ1n) is 7.79. The van der Waals surface area contributed by atoms with E-state index in [1.54, 1.807) is 0 Å². The predicted molar refractivity (Wildman–Crippen MR) is 107 cm³/mol. The Kier molecular flexibility index (Phi) is 5.51. The van der Waals surface area contributed by atoms with Gasteiger partial charge in [-0.15, -0.1) is 0 Å². The van der Waals surface area contributed by atoms with Crippen LogP contribution in [0.2, 0.25) is 0 Å². The average molecular weight is 420 g/mol. The van der Waals surface area contributed by atoms with Crippen molar-refractivity contribution >= 4 is 40.2 Å². The van der Waals surface area contributed by atoms with E-state index < -0.39 is 0 Å². The van der Waals surface area contributed by atoms with Gasteiger partial charge in [-0.05, 0) is 71.6 Å². The topological polar surface area (TPSA) is 30.9 Å². The number of hydrogen-bond donors (Lipinski definition) is 1. The van der Waals surface area contributed by atoms with Crippen molar-refractivity contribution in [3.05, 3.63) is 57.7 Å². The van der Waals surface area contributed by atoms with Crippen molar-refractivity contribution in [2.75, 3.05) is 43.6 Å². The third-order valence-corrected chi connectivity index (χ3v) is 4.73. The molecule has 0 radical (unpaired) electrons. The molecule has 0 aromatic heterocycles. The Balaban J connectivity index is 1.56. The van der Waals surface area contributed by atoms with Gasteiger partial charge in [0.15, 0.2) is 0 Å². The summed E-state index contributed by atoms with van der Waals surface area (Å²) in [7, 11) is 2.18. The van der Waals surface area contributed by atoms with Crippen LogP contribution in [0.4, 0.5) is 11.4 Å². The molecule has 2 aromatic rings. The Morgan fingerprint density at radius 1 is 0.957 bits per heavy atom. The Bertz CT molecular complexity index is 644. The average Bonchev–Trinajstić information content (AvgIpc) is 2.58. The minimum absolute atomic E-state index is 0.996. The van der Waals surface area contributed by atoms with Crippen LogP contribution in [-0.4, -0.2) is 44.3 Å². The summed E-state index contributed by atoms with van der Waals surface area (Å²) in [4.78, 5) is 4.80. The fourth-order valence-corrected chi connectivity index (χ4v) is 2.90. The third kappa shape index (κ3) is 4.68. The molecule has 0 saturated carbocycles. The summed E-state index contributed by atoms with van der Waals surface area (Å²) in [5.41, 5.74) is 6.44. The summed E-state index contributed by atoms with van der Waals surface area (Å²) < 4.78 is 1.22. The number of halogens is 1. The van der Waals surface area contributed by atoms with Crippen molar-refractivity contribution in [2.45, 2.75) is 0 Å². The van der Waals surface area contributed by atoms with Crippen molar-refractivity contribution in [1.29, 1.82) is 0 Å². The highest BCUT2D eigenvalue weighted by molar-refractivity contribution is 14.1. The first-order valence-corrected chi connectivity index (χ1v) is 8.87. The summed E-state index contributed by atoms with van der Waals surface area (Å²) in [5, 5.41) is 4.30. The van der Waals surface area contributed by atoms with Gasteiger partial charge in [0.1, 0.15) is 0 Å². The maximum Gasteiger partial charge on any atom is 0.0562 e. The van der Waals surface area contributed by atoms with Crippen molar-refractivity contribution in [3.8, 4) is 0 Å². The number of hydrogen-bond acceptors (Lipinski definition) is 4. The zero-order valence-corrected chi connectivity index (χ0v) is 15.4. The lowest BCUT2D eigenvalue weighted by Gasteiger charge is -2.34. The van der Waals surface area contributed by atoms with E-state index in [0.717, 1.165) is 37.4 Å². The van der Waals surface area contributed by atoms with Crippen molar-refractivity contribution in [3.63, 3.8) is 0 Å². The summed E-state index contributed by atoms with van der Waals surface area (Å²) >= 11 is 2.29. The lowest BCUT2D eigenvalue weighted by Crippen LogP contribution is -2.44. The highest BCUT2D eigenvalue weighted by Crippen LogP contribution is 2.16. The molecule has 2 aromatic carbocycles. The summed E-state index contributed by atoms with van der Waals surface area (Å²) in [6.07, 6.45) is 1.85. The van der Waals surface area contributed by atoms with E-state index in [4.69, 9.17) is 0 Å². The van der Waals surface area contributed by atoms with Crippen LogP contribution < -0.4 is 10.3 Å². The maximum atomic E-state index is 4.30. The number of rotatable bonds is 4. The molecular weight excluding hydrogens is 399 g/mol. The van der Waals surface area contributed by atoms with Gasteiger partial charge in [-0.25, -0.2) is 0 Å². The fourth-order valence-electron chi connectivity index (χ4n) is 2.54. The number of nitrogens with one attached hydrogen (secondary N) is 1. The molecule has 23 heavy (non-hydrogen) atoms. The SMILES string of the molecule is CN1CCN(c2ccc(/C=N/Nc3ccc(I)cc3)cc2)CC1. The number of hydrazone groups is 1. The number of anilines is 2. The van der Waals surface area contributed by atoms with Gasteiger partial charge in [-0.2, -0.15) is 5.10 Å². The first-order chi connectivity index (χ1) is 11.2. The Labute approximate surface area is 151 Å². The Morgan fingerprint density at radius 2 is 1.61 bits per heavy atom. The maximum absolute atomic E-state index is 4.30. The second-order valence-electron chi connectivity index (χ2n) is 5.76. The van der Waals surface area contributed by atoms with Gasteiger partial charge in [-0.1, -0.05) is 12.1 Å². The minimum atomic E-state index is 0.996. The van der Waals surface area contributed by atoms with Crippen molar-refractivity contribution < 1.29 is 0 Å². The highest BCUT2D eigenvalue weighted by Gasteiger charge is 2.13. The molecule has 0 amide bonds. The van der Waals surface area contributed by atoms with E-state index in [1.165, 1.54) is 9.26 Å². The van der Waals surface area contributed by atoms with Crippen LogP contribution in [0.25, 0.3) is 0 Å². The van der Waals surface area contributed by atoms with Crippen LogP contribution in [0.5, 0.6) is 0 Å². The minimum Gasteiger partial charge on any atom is -0.369 e. The quantitative estimate of drug-likeness (QED) is 0.467. The fraction of sp³-hybridized carbons (Fsp3) is 0.278. The van der Waals surface area contributed by atoms with Gasteiger partial charge in [-0.3, -0.25) is 5.43 Å². The number of benzene rings is 2. The molecule has 4 nitrogen and oxygen atoms in total. The zero-order valence-electron chi connectivity index (χ0n) is 13.2. The molecule has 1 fully saturated rings. The largest absolute Gasteiger partial charge is 0.369 e. The highest BCUT2D eigenvalue weighted by atomic mass is 127. The molecule has 1 aliphatic heterocycles. The molecular formula is C18H21IN4. The normalized spacial score (nSPS) is 16.0. The van der Waals surface area contributed by atoms with Gasteiger partial charge in [0, 0.05) is 35.4 Å². The third-order valence-electron chi connectivity index (χ3n) is 4.01. The molecule has 1 N–H and O–H groups in total. The van der Waals surface area contributed by atoms with Crippen LogP contribution in [-0.2, 0) is 0 Å². The van der Waals surface area contributed by atoms with Gasteiger partial charge in [0.25, 0.3) is 0 Å². The Morgan fingerprint density at radius 3 is 2.26 bits per heavy atom. The summed E-state index contributed by atoms with van der Waals surface area (Å²) in [6, 6.07) is 16.8. The molecule has 0 aliphatic carbocycles. The molecule has 0 bridgehead atoms. The summed E-state index contributed by atoms with van der Waals surface area (Å²) in [5.74, 6) is 0. The number of nitrogens with zero attached hydrogens (tertiary/aromatic N) is 3. The monoisotopic (exact) mass is 420 g/mol. The van der Waals surface area contributed by atoms with Crippen LogP contribution in [0.15, 0.2) is 53.6 Å². The summed E-state index contributed by atoms with van der Waals surface area (Å²) in [6.45, 7) is 4.45. The van der Waals surface area contributed by atoms with Crippen LogP contribution >= 0.6 is 22.6 Å². The van der Waals surface area contributed by atoms with Crippen molar-refractivity contribution in [2.24, 2.45) is 5.10 Å². The van der Waals surface area contributed by atoms with Crippen LogP contribution in [0.3, 0.4) is 0 Å². The molecule has 5 heteroatoms. The molecule has 0 spiro atoms. The molecule has 1 heterocycles. The molecule has 0 atom stereocenters. The van der Waals surface area contributed by atoms with Crippen molar-refractivity contribution in [1.82, 2.24) is 4.90 Å². The lowest BCUT2D eigenvalue weighted by atomic mass is 10.2. The number of piperazine rings is 1. The molecule has 0 unspecified atom stereocenters. The van der Waals surface area contributed by atoms with Gasteiger partial charge < -0.3 is 9.80 Å². The van der Waals surface area contributed by atoms with E-state index >= 15 is 0 Å². The second-order valence-corrected chi connectivity index (χ2v) is 7.00. The molecule has 1 saturated heterocycles. The van der Waals surface area contributed by atoms with E-state index in [9.17, 15) is 0 Å². The van der Waals surface area contributed by atoms with E-state index in [0.29, 0.717) is 0 Å². The van der Waals surface area contributed by atoms with E-state index in [1.807, 2.05) is 18.3 Å². The van der Waals surface area contributed by atoms with Gasteiger partial charge >= 0.3 is 0 Å². The van der Waals surface area contributed by atoms with E-state index in [-0.39, 0.29) is 0 Å². The Hall–Kier alpha value is -1.60. The molecule has 120 valence electrons. The van der Waals surface area contributed by atoms with Crippen LogP contribution in [0.1, 0.15) is 5.56 Å². The van der Waals surface area contributed by atoms with Crippen LogP contribution in [0, 0.1) is 3.57 Å². The van der Waals surface area contributed by atoms with E-state index in [2.05, 4.69) is 86.4 Å². The smallest absolute Gasteiger partial charge is 0.0562 e.